The van der Waals surface area contributed by atoms with Crippen LogP contribution in [-0.2, 0) is 6.54 Å². The highest BCUT2D eigenvalue weighted by Gasteiger charge is 2.10. The van der Waals surface area contributed by atoms with E-state index in [2.05, 4.69) is 31.4 Å². The van der Waals surface area contributed by atoms with Gasteiger partial charge in [-0.05, 0) is 34.6 Å². The molecule has 4 nitrogen and oxygen atoms in total. The Bertz CT molecular complexity index is 470. The lowest BCUT2D eigenvalue weighted by molar-refractivity contribution is 0.419. The van der Waals surface area contributed by atoms with E-state index in [1.54, 1.807) is 0 Å². The average molecular weight is 282 g/mol. The molecule has 0 spiro atoms. The topological polar surface area (TPSA) is 51.0 Å². The Labute approximate surface area is 102 Å². The Kier molecular flexibility index (Phi) is 3.69. The van der Waals surface area contributed by atoms with E-state index in [9.17, 15) is 0 Å². The maximum Gasteiger partial charge on any atom is 0.259 e. The summed E-state index contributed by atoms with van der Waals surface area (Å²) in [6.07, 6.45) is 0. The molecule has 2 rings (SSSR count). The van der Waals surface area contributed by atoms with Crippen LogP contribution in [0.2, 0.25) is 0 Å². The van der Waals surface area contributed by atoms with Crippen LogP contribution in [0.25, 0.3) is 11.5 Å². The molecule has 1 heterocycles. The lowest BCUT2D eigenvalue weighted by atomic mass is 10.2. The summed E-state index contributed by atoms with van der Waals surface area (Å²) in [6.45, 7) is 3.55. The van der Waals surface area contributed by atoms with Gasteiger partial charge in [-0.1, -0.05) is 24.2 Å². The first-order valence-electron chi connectivity index (χ1n) is 5.09. The van der Waals surface area contributed by atoms with Gasteiger partial charge in [0.2, 0.25) is 0 Å². The molecule has 0 unspecified atom stereocenters. The smallest absolute Gasteiger partial charge is 0.259 e. The highest BCUT2D eigenvalue weighted by molar-refractivity contribution is 9.10. The van der Waals surface area contributed by atoms with E-state index in [1.165, 1.54) is 0 Å². The zero-order chi connectivity index (χ0) is 11.4. The van der Waals surface area contributed by atoms with E-state index in [-0.39, 0.29) is 0 Å². The Morgan fingerprint density at radius 3 is 2.94 bits per heavy atom. The monoisotopic (exact) mass is 281 g/mol. The van der Waals surface area contributed by atoms with Crippen LogP contribution in [0.3, 0.4) is 0 Å². The van der Waals surface area contributed by atoms with Crippen molar-refractivity contribution in [1.29, 1.82) is 0 Å². The maximum absolute atomic E-state index is 5.20. The molecule has 0 atom stereocenters. The molecule has 0 saturated carbocycles. The molecule has 0 saturated heterocycles. The molecule has 0 amide bonds. The standard InChI is InChI=1S/C11H12BrN3O/c1-2-13-7-10-14-11(16-15-10)8-5-3-4-6-9(8)12/h3-6,13H,2,7H2,1H3. The third-order valence-electron chi connectivity index (χ3n) is 2.11. The first kappa shape index (κ1) is 11.3. The highest BCUT2D eigenvalue weighted by atomic mass is 79.9. The number of hydrogen-bond acceptors (Lipinski definition) is 4. The van der Waals surface area contributed by atoms with Gasteiger partial charge in [0.25, 0.3) is 5.89 Å². The number of benzene rings is 1. The molecular formula is C11H12BrN3O. The summed E-state index contributed by atoms with van der Waals surface area (Å²) in [6, 6.07) is 7.77. The molecule has 1 aromatic carbocycles. The summed E-state index contributed by atoms with van der Waals surface area (Å²) < 4.78 is 6.15. The third kappa shape index (κ3) is 2.48. The van der Waals surface area contributed by atoms with Gasteiger partial charge in [0.05, 0.1) is 12.1 Å². The van der Waals surface area contributed by atoms with Crippen molar-refractivity contribution < 1.29 is 4.52 Å². The van der Waals surface area contributed by atoms with Gasteiger partial charge >= 0.3 is 0 Å². The number of halogens is 1. The molecule has 2 aromatic rings. The van der Waals surface area contributed by atoms with E-state index in [0.29, 0.717) is 18.3 Å². The summed E-state index contributed by atoms with van der Waals surface area (Å²) in [4.78, 5) is 4.31. The van der Waals surface area contributed by atoms with Gasteiger partial charge in [0, 0.05) is 4.47 Å². The fraction of sp³-hybridized carbons (Fsp3) is 0.273. The van der Waals surface area contributed by atoms with Gasteiger partial charge in [-0.25, -0.2) is 0 Å². The number of nitrogens with one attached hydrogen (secondary N) is 1. The lowest BCUT2D eigenvalue weighted by Gasteiger charge is -1.96. The molecule has 1 aromatic heterocycles. The Hall–Kier alpha value is -1.20. The van der Waals surface area contributed by atoms with E-state index in [0.717, 1.165) is 16.6 Å². The van der Waals surface area contributed by atoms with Crippen molar-refractivity contribution in [2.45, 2.75) is 13.5 Å². The Morgan fingerprint density at radius 1 is 1.38 bits per heavy atom. The van der Waals surface area contributed by atoms with Gasteiger partial charge in [-0.15, -0.1) is 0 Å². The maximum atomic E-state index is 5.20. The molecule has 0 aliphatic carbocycles. The van der Waals surface area contributed by atoms with Gasteiger partial charge in [0.1, 0.15) is 0 Å². The predicted octanol–water partition coefficient (Wildman–Crippen LogP) is 2.61. The highest BCUT2D eigenvalue weighted by Crippen LogP contribution is 2.26. The number of aromatic nitrogens is 2. The molecular weight excluding hydrogens is 270 g/mol. The van der Waals surface area contributed by atoms with Crippen LogP contribution in [0.1, 0.15) is 12.7 Å². The summed E-state index contributed by atoms with van der Waals surface area (Å²) in [5, 5.41) is 7.05. The van der Waals surface area contributed by atoms with Crippen molar-refractivity contribution in [1.82, 2.24) is 15.5 Å². The van der Waals surface area contributed by atoms with Crippen LogP contribution in [-0.4, -0.2) is 16.7 Å². The van der Waals surface area contributed by atoms with Crippen molar-refractivity contribution in [3.8, 4) is 11.5 Å². The second-order valence-electron chi connectivity index (χ2n) is 3.28. The zero-order valence-electron chi connectivity index (χ0n) is 8.90. The third-order valence-corrected chi connectivity index (χ3v) is 2.80. The molecule has 0 aliphatic heterocycles. The fourth-order valence-electron chi connectivity index (χ4n) is 1.31. The van der Waals surface area contributed by atoms with Crippen LogP contribution in [0.15, 0.2) is 33.3 Å². The van der Waals surface area contributed by atoms with Crippen molar-refractivity contribution in [2.24, 2.45) is 0 Å². The first-order chi connectivity index (χ1) is 7.81. The summed E-state index contributed by atoms with van der Waals surface area (Å²) in [5.74, 6) is 1.22. The Balaban J connectivity index is 2.22. The van der Waals surface area contributed by atoms with E-state index in [4.69, 9.17) is 4.52 Å². The van der Waals surface area contributed by atoms with Gasteiger partial charge in [-0.2, -0.15) is 4.98 Å². The molecule has 0 fully saturated rings. The van der Waals surface area contributed by atoms with Crippen molar-refractivity contribution in [2.75, 3.05) is 6.54 Å². The molecule has 0 aliphatic rings. The second kappa shape index (κ2) is 5.23. The van der Waals surface area contributed by atoms with Crippen LogP contribution in [0.5, 0.6) is 0 Å². The van der Waals surface area contributed by atoms with Crippen LogP contribution in [0, 0.1) is 0 Å². The largest absolute Gasteiger partial charge is 0.334 e. The van der Waals surface area contributed by atoms with E-state index >= 15 is 0 Å². The van der Waals surface area contributed by atoms with Crippen LogP contribution >= 0.6 is 15.9 Å². The minimum Gasteiger partial charge on any atom is -0.334 e. The summed E-state index contributed by atoms with van der Waals surface area (Å²) >= 11 is 3.45. The quantitative estimate of drug-likeness (QED) is 0.936. The molecule has 16 heavy (non-hydrogen) atoms. The SMILES string of the molecule is CCNCc1noc(-c2ccccc2Br)n1. The lowest BCUT2D eigenvalue weighted by Crippen LogP contribution is -2.12. The van der Waals surface area contributed by atoms with Crippen molar-refractivity contribution >= 4 is 15.9 Å². The van der Waals surface area contributed by atoms with Crippen LogP contribution in [0.4, 0.5) is 0 Å². The van der Waals surface area contributed by atoms with E-state index < -0.39 is 0 Å². The van der Waals surface area contributed by atoms with Crippen molar-refractivity contribution in [3.05, 3.63) is 34.6 Å². The predicted molar refractivity (Wildman–Crippen MR) is 64.8 cm³/mol. The summed E-state index contributed by atoms with van der Waals surface area (Å²) in [7, 11) is 0. The molecule has 84 valence electrons. The molecule has 0 radical (unpaired) electrons. The molecule has 1 N–H and O–H groups in total. The molecule has 0 bridgehead atoms. The van der Waals surface area contributed by atoms with Gasteiger partial charge in [-0.3, -0.25) is 0 Å². The van der Waals surface area contributed by atoms with Crippen LogP contribution < -0.4 is 5.32 Å². The number of nitrogens with zero attached hydrogens (tertiary/aromatic N) is 2. The van der Waals surface area contributed by atoms with Crippen molar-refractivity contribution in [3.63, 3.8) is 0 Å². The molecule has 5 heteroatoms. The first-order valence-corrected chi connectivity index (χ1v) is 5.88. The number of hydrogen-bond donors (Lipinski definition) is 1. The fourth-order valence-corrected chi connectivity index (χ4v) is 1.76. The van der Waals surface area contributed by atoms with Gasteiger partial charge in [0.15, 0.2) is 5.82 Å². The second-order valence-corrected chi connectivity index (χ2v) is 4.13. The zero-order valence-corrected chi connectivity index (χ0v) is 10.5. The van der Waals surface area contributed by atoms with Gasteiger partial charge < -0.3 is 9.84 Å². The van der Waals surface area contributed by atoms with E-state index in [1.807, 2.05) is 31.2 Å². The minimum absolute atomic E-state index is 0.542. The minimum atomic E-state index is 0.542. The Morgan fingerprint density at radius 2 is 2.19 bits per heavy atom. The number of rotatable bonds is 4. The summed E-state index contributed by atoms with van der Waals surface area (Å²) in [5.41, 5.74) is 0.915. The average Bonchev–Trinajstić information content (AvgIpc) is 2.75. The normalized spacial score (nSPS) is 10.6.